The van der Waals surface area contributed by atoms with Crippen LogP contribution in [0.3, 0.4) is 0 Å². The van der Waals surface area contributed by atoms with Gasteiger partial charge in [-0.05, 0) is 36.8 Å². The van der Waals surface area contributed by atoms with Crippen LogP contribution in [-0.2, 0) is 0 Å². The summed E-state index contributed by atoms with van der Waals surface area (Å²) in [5, 5.41) is 0. The van der Waals surface area contributed by atoms with E-state index in [0.717, 1.165) is 5.56 Å². The highest BCUT2D eigenvalue weighted by molar-refractivity contribution is 5.91. The summed E-state index contributed by atoms with van der Waals surface area (Å²) in [6.07, 6.45) is 3.71. The van der Waals surface area contributed by atoms with Crippen molar-refractivity contribution in [2.75, 3.05) is 0 Å². The summed E-state index contributed by atoms with van der Waals surface area (Å²) in [7, 11) is 0. The normalized spacial score (nSPS) is 10.9. The van der Waals surface area contributed by atoms with E-state index in [4.69, 9.17) is 4.74 Å². The van der Waals surface area contributed by atoms with Gasteiger partial charge in [-0.3, -0.25) is 0 Å². The Morgan fingerprint density at radius 3 is 2.14 bits per heavy atom. The van der Waals surface area contributed by atoms with Gasteiger partial charge in [0.05, 0.1) is 5.56 Å². The molecule has 0 N–H and O–H groups in total. The number of carbonyl (C=O) groups excluding carboxylic acids is 1. The SMILES string of the molecule is C/C=C/c1ccc(OC(=O)c2cc(F)c(F)c(F)c2)cc1. The molecule has 0 atom stereocenters. The van der Waals surface area contributed by atoms with Crippen molar-refractivity contribution in [1.29, 1.82) is 0 Å². The molecule has 2 aromatic carbocycles. The van der Waals surface area contributed by atoms with E-state index < -0.39 is 29.0 Å². The molecule has 2 nitrogen and oxygen atoms in total. The monoisotopic (exact) mass is 292 g/mol. The number of rotatable bonds is 3. The molecule has 0 unspecified atom stereocenters. The molecule has 0 radical (unpaired) electrons. The zero-order valence-corrected chi connectivity index (χ0v) is 11.1. The van der Waals surface area contributed by atoms with Crippen molar-refractivity contribution < 1.29 is 22.7 Å². The number of ether oxygens (including phenoxy) is 1. The first-order chi connectivity index (χ1) is 10.0. The van der Waals surface area contributed by atoms with Gasteiger partial charge in [-0.15, -0.1) is 0 Å². The third-order valence-electron chi connectivity index (χ3n) is 2.67. The van der Waals surface area contributed by atoms with Crippen molar-refractivity contribution in [3.63, 3.8) is 0 Å². The van der Waals surface area contributed by atoms with Crippen LogP contribution in [0.4, 0.5) is 13.2 Å². The molecule has 21 heavy (non-hydrogen) atoms. The molecule has 0 amide bonds. The summed E-state index contributed by atoms with van der Waals surface area (Å²) in [5.41, 5.74) is 0.514. The number of hydrogen-bond acceptors (Lipinski definition) is 2. The molecule has 108 valence electrons. The number of allylic oxidation sites excluding steroid dienone is 1. The molecule has 2 rings (SSSR count). The average Bonchev–Trinajstić information content (AvgIpc) is 2.46. The molecule has 0 heterocycles. The predicted octanol–water partition coefficient (Wildman–Crippen LogP) is 4.36. The molecule has 2 aromatic rings. The second-order valence-electron chi connectivity index (χ2n) is 4.21. The summed E-state index contributed by atoms with van der Waals surface area (Å²) in [6.45, 7) is 1.87. The lowest BCUT2D eigenvalue weighted by Gasteiger charge is -2.05. The molecule has 0 saturated heterocycles. The maximum absolute atomic E-state index is 13.0. The molecule has 0 aliphatic rings. The first-order valence-electron chi connectivity index (χ1n) is 6.10. The lowest BCUT2D eigenvalue weighted by Crippen LogP contribution is -2.10. The minimum atomic E-state index is -1.62. The van der Waals surface area contributed by atoms with Gasteiger partial charge in [0.1, 0.15) is 5.75 Å². The molecule has 0 saturated carbocycles. The van der Waals surface area contributed by atoms with Crippen molar-refractivity contribution in [1.82, 2.24) is 0 Å². The highest BCUT2D eigenvalue weighted by atomic mass is 19.2. The van der Waals surface area contributed by atoms with E-state index in [1.807, 2.05) is 19.1 Å². The Labute approximate surface area is 119 Å². The molecular formula is C16H11F3O2. The van der Waals surface area contributed by atoms with Crippen LogP contribution in [0, 0.1) is 17.5 Å². The summed E-state index contributed by atoms with van der Waals surface area (Å²) in [6, 6.07) is 7.71. The largest absolute Gasteiger partial charge is 0.423 e. The molecule has 0 fully saturated rings. The van der Waals surface area contributed by atoms with Gasteiger partial charge < -0.3 is 4.74 Å². The van der Waals surface area contributed by atoms with E-state index in [-0.39, 0.29) is 5.75 Å². The Hall–Kier alpha value is -2.56. The van der Waals surface area contributed by atoms with Crippen molar-refractivity contribution in [2.45, 2.75) is 6.92 Å². The highest BCUT2D eigenvalue weighted by Crippen LogP contribution is 2.18. The highest BCUT2D eigenvalue weighted by Gasteiger charge is 2.16. The summed E-state index contributed by atoms with van der Waals surface area (Å²) < 4.78 is 43.9. The van der Waals surface area contributed by atoms with Gasteiger partial charge in [0.2, 0.25) is 0 Å². The molecular weight excluding hydrogens is 281 g/mol. The third kappa shape index (κ3) is 3.51. The van der Waals surface area contributed by atoms with Crippen LogP contribution in [0.1, 0.15) is 22.8 Å². The lowest BCUT2D eigenvalue weighted by molar-refractivity contribution is 0.0733. The topological polar surface area (TPSA) is 26.3 Å². The van der Waals surface area contributed by atoms with Crippen LogP contribution < -0.4 is 4.74 Å². The molecule has 0 bridgehead atoms. The fourth-order valence-electron chi connectivity index (χ4n) is 1.68. The Bertz CT molecular complexity index is 668. The standard InChI is InChI=1S/C16H11F3O2/c1-2-3-10-4-6-12(7-5-10)21-16(20)11-8-13(17)15(19)14(18)9-11/h2-9H,1H3/b3-2+. The van der Waals surface area contributed by atoms with E-state index in [9.17, 15) is 18.0 Å². The van der Waals surface area contributed by atoms with E-state index in [2.05, 4.69) is 0 Å². The number of carbonyl (C=O) groups is 1. The molecule has 0 spiro atoms. The predicted molar refractivity (Wildman–Crippen MR) is 72.4 cm³/mol. The van der Waals surface area contributed by atoms with Crippen molar-refractivity contribution >= 4 is 12.0 Å². The van der Waals surface area contributed by atoms with E-state index in [0.29, 0.717) is 12.1 Å². The Balaban J connectivity index is 2.18. The Morgan fingerprint density at radius 2 is 1.62 bits per heavy atom. The number of esters is 1. The number of hydrogen-bond donors (Lipinski definition) is 0. The van der Waals surface area contributed by atoms with Crippen LogP contribution in [0.5, 0.6) is 5.75 Å². The van der Waals surface area contributed by atoms with Crippen LogP contribution >= 0.6 is 0 Å². The van der Waals surface area contributed by atoms with E-state index >= 15 is 0 Å². The summed E-state index contributed by atoms with van der Waals surface area (Å²) in [5.74, 6) is -5.25. The number of benzene rings is 2. The minimum absolute atomic E-state index is 0.221. The van der Waals surface area contributed by atoms with E-state index in [1.165, 1.54) is 0 Å². The van der Waals surface area contributed by atoms with Crippen LogP contribution in [-0.4, -0.2) is 5.97 Å². The van der Waals surface area contributed by atoms with Crippen molar-refractivity contribution in [2.24, 2.45) is 0 Å². The quantitative estimate of drug-likeness (QED) is 0.477. The summed E-state index contributed by atoms with van der Waals surface area (Å²) >= 11 is 0. The van der Waals surface area contributed by atoms with Gasteiger partial charge in [-0.2, -0.15) is 0 Å². The first kappa shape index (κ1) is 14.8. The van der Waals surface area contributed by atoms with Gasteiger partial charge in [-0.1, -0.05) is 24.3 Å². The maximum Gasteiger partial charge on any atom is 0.343 e. The van der Waals surface area contributed by atoms with Gasteiger partial charge in [0.25, 0.3) is 0 Å². The van der Waals surface area contributed by atoms with E-state index in [1.54, 1.807) is 24.3 Å². The summed E-state index contributed by atoms with van der Waals surface area (Å²) in [4.78, 5) is 11.7. The van der Waals surface area contributed by atoms with Gasteiger partial charge >= 0.3 is 5.97 Å². The second-order valence-corrected chi connectivity index (χ2v) is 4.21. The van der Waals surface area contributed by atoms with Gasteiger partial charge in [-0.25, -0.2) is 18.0 Å². The molecule has 0 aromatic heterocycles. The van der Waals surface area contributed by atoms with Gasteiger partial charge in [0.15, 0.2) is 17.5 Å². The fraction of sp³-hybridized carbons (Fsp3) is 0.0625. The van der Waals surface area contributed by atoms with Crippen LogP contribution in [0.15, 0.2) is 42.5 Å². The lowest BCUT2D eigenvalue weighted by atomic mass is 10.2. The first-order valence-corrected chi connectivity index (χ1v) is 6.10. The number of halogens is 3. The second kappa shape index (κ2) is 6.26. The Morgan fingerprint density at radius 1 is 1.05 bits per heavy atom. The molecule has 0 aliphatic heterocycles. The van der Waals surface area contributed by atoms with Crippen molar-refractivity contribution in [3.8, 4) is 5.75 Å². The van der Waals surface area contributed by atoms with Crippen molar-refractivity contribution in [3.05, 3.63) is 71.1 Å². The average molecular weight is 292 g/mol. The zero-order chi connectivity index (χ0) is 15.4. The maximum atomic E-state index is 13.0. The molecule has 5 heteroatoms. The van der Waals surface area contributed by atoms with Crippen LogP contribution in [0.2, 0.25) is 0 Å². The minimum Gasteiger partial charge on any atom is -0.423 e. The smallest absolute Gasteiger partial charge is 0.343 e. The van der Waals surface area contributed by atoms with Crippen LogP contribution in [0.25, 0.3) is 6.08 Å². The zero-order valence-electron chi connectivity index (χ0n) is 11.1. The Kier molecular flexibility index (Phi) is 4.42. The molecule has 0 aliphatic carbocycles. The fourth-order valence-corrected chi connectivity index (χ4v) is 1.68. The third-order valence-corrected chi connectivity index (χ3v) is 2.67. The van der Waals surface area contributed by atoms with Gasteiger partial charge in [0, 0.05) is 0 Å².